The van der Waals surface area contributed by atoms with Crippen molar-refractivity contribution >= 4 is 82.9 Å². The van der Waals surface area contributed by atoms with Gasteiger partial charge in [-0.1, -0.05) is 13.8 Å². The fraction of sp³-hybridized carbons (Fsp3) is 0.667. The summed E-state index contributed by atoms with van der Waals surface area (Å²) in [6.45, 7) is 3.30. The van der Waals surface area contributed by atoms with Crippen molar-refractivity contribution < 1.29 is 92.7 Å². The van der Waals surface area contributed by atoms with Gasteiger partial charge in [0, 0.05) is 32.2 Å². The minimum atomic E-state index is -1.98. The zero-order valence-corrected chi connectivity index (χ0v) is 40.0. The lowest BCUT2D eigenvalue weighted by atomic mass is 10.0. The summed E-state index contributed by atoms with van der Waals surface area (Å²) in [6.07, 6.45) is -7.71. The summed E-state index contributed by atoms with van der Waals surface area (Å²) in [4.78, 5) is 179. The van der Waals surface area contributed by atoms with Gasteiger partial charge in [-0.3, -0.25) is 67.1 Å². The van der Waals surface area contributed by atoms with Crippen molar-refractivity contribution in [2.45, 2.75) is 159 Å². The maximum atomic E-state index is 13.7. The Morgan fingerprint density at radius 3 is 1.39 bits per heavy atom. The van der Waals surface area contributed by atoms with Gasteiger partial charge in [-0.2, -0.15) is 0 Å². The molecule has 0 bridgehead atoms. The number of rotatable bonds is 17. The highest BCUT2D eigenvalue weighted by Crippen LogP contribution is 2.11. The lowest BCUT2D eigenvalue weighted by Crippen LogP contribution is -2.61. The minimum Gasteiger partial charge on any atom is -0.481 e. The number of carboxylic acids is 4. The maximum absolute atomic E-state index is 13.7. The third-order valence-corrected chi connectivity index (χ3v) is 10.6. The van der Waals surface area contributed by atoms with Crippen molar-refractivity contribution in [2.24, 2.45) is 17.4 Å². The minimum absolute atomic E-state index is 0.0205. The van der Waals surface area contributed by atoms with Gasteiger partial charge in [0.05, 0.1) is 25.1 Å². The first-order chi connectivity index (χ1) is 33.6. The van der Waals surface area contributed by atoms with Crippen LogP contribution in [0, 0.1) is 5.92 Å². The molecule has 404 valence electrons. The molecule has 0 aromatic carbocycles. The number of carboxylic acid groups (broad SMARTS) is 4. The van der Waals surface area contributed by atoms with Crippen LogP contribution in [0.25, 0.3) is 0 Å². The van der Waals surface area contributed by atoms with Gasteiger partial charge in [-0.15, -0.1) is 0 Å². The van der Waals surface area contributed by atoms with E-state index in [0.29, 0.717) is 0 Å². The fourth-order valence-corrected chi connectivity index (χ4v) is 6.76. The topological polar surface area (TPSA) is 500 Å². The molecule has 0 aromatic rings. The average molecular weight is 1030 g/mol. The van der Waals surface area contributed by atoms with Crippen molar-refractivity contribution in [1.29, 1.82) is 0 Å². The summed E-state index contributed by atoms with van der Waals surface area (Å²) in [5, 5.41) is 68.5. The number of carbonyl (C=O) groups is 14. The second kappa shape index (κ2) is 31.7. The summed E-state index contributed by atoms with van der Waals surface area (Å²) in [5.41, 5.74) is 11.4. The van der Waals surface area contributed by atoms with Gasteiger partial charge in [-0.05, 0) is 64.2 Å². The van der Waals surface area contributed by atoms with Crippen molar-refractivity contribution in [2.75, 3.05) is 13.1 Å². The monoisotopic (exact) mass is 1030 g/mol. The Bertz CT molecular complexity index is 2000. The molecule has 72 heavy (non-hydrogen) atoms. The van der Waals surface area contributed by atoms with E-state index in [-0.39, 0.29) is 44.6 Å². The summed E-state index contributed by atoms with van der Waals surface area (Å²) in [5.74, 6) is -17.4. The number of primary amides is 1. The number of carbonyl (C=O) groups excluding carboxylic acids is 10. The van der Waals surface area contributed by atoms with Crippen LogP contribution in [0.1, 0.15) is 104 Å². The lowest BCUT2D eigenvalue weighted by molar-refractivity contribution is -0.142. The van der Waals surface area contributed by atoms with Crippen molar-refractivity contribution in [1.82, 2.24) is 47.9 Å². The molecule has 0 aromatic heterocycles. The first-order valence-electron chi connectivity index (χ1n) is 22.9. The van der Waals surface area contributed by atoms with E-state index in [4.69, 9.17) is 11.5 Å². The largest absolute Gasteiger partial charge is 0.481 e. The molecule has 10 amide bonds. The normalized spacial score (nSPS) is 24.9. The fourth-order valence-electron chi connectivity index (χ4n) is 6.76. The van der Waals surface area contributed by atoms with Crippen LogP contribution < -0.4 is 59.3 Å². The van der Waals surface area contributed by atoms with Crippen LogP contribution in [-0.2, 0) is 67.1 Å². The Labute approximate surface area is 412 Å². The highest BCUT2D eigenvalue weighted by Gasteiger charge is 2.36. The van der Waals surface area contributed by atoms with Crippen LogP contribution in [0.2, 0.25) is 0 Å². The van der Waals surface area contributed by atoms with Gasteiger partial charge in [0.1, 0.15) is 42.3 Å². The highest BCUT2D eigenvalue weighted by atomic mass is 16.4. The van der Waals surface area contributed by atoms with Crippen molar-refractivity contribution in [3.8, 4) is 0 Å². The molecule has 1 rings (SSSR count). The van der Waals surface area contributed by atoms with E-state index in [1.54, 1.807) is 13.8 Å². The zero-order chi connectivity index (χ0) is 54.8. The van der Waals surface area contributed by atoms with Gasteiger partial charge >= 0.3 is 23.9 Å². The molecule has 9 atom stereocenters. The number of hydrogen-bond acceptors (Lipinski definition) is 16. The summed E-state index contributed by atoms with van der Waals surface area (Å²) in [6, 6.07) is -13.6. The van der Waals surface area contributed by atoms with Gasteiger partial charge in [0.2, 0.25) is 59.1 Å². The van der Waals surface area contributed by atoms with Crippen molar-refractivity contribution in [3.63, 3.8) is 0 Å². The molecule has 0 aliphatic carbocycles. The van der Waals surface area contributed by atoms with E-state index >= 15 is 0 Å². The summed E-state index contributed by atoms with van der Waals surface area (Å²) in [7, 11) is 0. The van der Waals surface area contributed by atoms with Crippen molar-refractivity contribution in [3.05, 3.63) is 0 Å². The van der Waals surface area contributed by atoms with Gasteiger partial charge < -0.3 is 84.9 Å². The number of hydrogen-bond donors (Lipinski definition) is 16. The molecule has 1 aliphatic heterocycles. The first kappa shape index (κ1) is 62.5. The van der Waals surface area contributed by atoms with Crippen LogP contribution in [0.4, 0.5) is 0 Å². The molecule has 0 unspecified atom stereocenters. The number of aliphatic hydroxyl groups is 1. The predicted molar refractivity (Wildman–Crippen MR) is 244 cm³/mol. The van der Waals surface area contributed by atoms with Crippen LogP contribution in [-0.4, -0.2) is 176 Å². The number of amides is 10. The molecule has 1 saturated heterocycles. The second-order valence-electron chi connectivity index (χ2n) is 17.3. The summed E-state index contributed by atoms with van der Waals surface area (Å²) < 4.78 is 0. The van der Waals surface area contributed by atoms with E-state index < -0.39 is 195 Å². The molecule has 1 heterocycles. The molecule has 0 saturated carbocycles. The number of aliphatic carboxylic acids is 4. The van der Waals surface area contributed by atoms with E-state index in [0.717, 1.165) is 6.92 Å². The van der Waals surface area contributed by atoms with E-state index in [1.165, 1.54) is 0 Å². The SMILES string of the molecule is CC(C)C[C@@H]1NC(=O)[C@@H](N)CCCCNC(=O)[C@H](CCC(N)=O)NC(=O)[C@@H](CCC(=O)O)NC(=O)CNC(=O)[C@H]([C@@H](C)O)NC(=O)[C@H](CCC(=O)O)NC(=O)[C@H](CCC(=O)O)NC(=O)[C@H](CC(=O)O)NC1=O. The number of aliphatic hydroxyl groups excluding tert-OH is 1. The molecule has 30 heteroatoms. The molecule has 18 N–H and O–H groups in total. The van der Waals surface area contributed by atoms with Crippen LogP contribution >= 0.6 is 0 Å². The molecule has 0 radical (unpaired) electrons. The lowest BCUT2D eigenvalue weighted by Gasteiger charge is -2.27. The molecular weight excluding hydrogens is 963 g/mol. The predicted octanol–water partition coefficient (Wildman–Crippen LogP) is -6.11. The van der Waals surface area contributed by atoms with E-state index in [1.807, 2.05) is 0 Å². The standard InChI is InChI=1S/C42H67N11O19/c1-19(2)16-26-40(70)52-27(17-33(63)64)41(71)50-24(9-13-31(59)60)38(68)49-25(10-14-32(61)62)39(69)53-34(20(3)54)42(72)46-18-29(56)47-23(8-12-30(57)58)37(67)48-22(7-11-28(44)55)36(66)45-15-5-4-6-21(43)35(65)51-26/h19-27,34,54H,4-18,43H2,1-3H3,(H2,44,55)(H,45,66)(H,46,72)(H,47,56)(H,48,67)(H,49,68)(H,50,71)(H,51,65)(H,52,70)(H,53,69)(H,57,58)(H,59,60)(H,61,62)(H,63,64)/t20-,21+,22+,23-,24+,25+,26+,27+,34+/m1/s1. The first-order valence-corrected chi connectivity index (χ1v) is 22.9. The Kier molecular flexibility index (Phi) is 27.5. The summed E-state index contributed by atoms with van der Waals surface area (Å²) >= 11 is 0. The Morgan fingerprint density at radius 2 is 0.931 bits per heavy atom. The maximum Gasteiger partial charge on any atom is 0.305 e. The third kappa shape index (κ3) is 24.9. The number of nitrogens with one attached hydrogen (secondary N) is 9. The molecular formula is C42H67N11O19. The Morgan fingerprint density at radius 1 is 0.514 bits per heavy atom. The van der Waals surface area contributed by atoms with Gasteiger partial charge in [-0.25, -0.2) is 0 Å². The molecule has 1 aliphatic rings. The third-order valence-electron chi connectivity index (χ3n) is 10.6. The quantitative estimate of drug-likeness (QED) is 0.0645. The average Bonchev–Trinajstić information content (AvgIpc) is 3.27. The molecule has 1 fully saturated rings. The van der Waals surface area contributed by atoms with E-state index in [2.05, 4.69) is 47.9 Å². The second-order valence-corrected chi connectivity index (χ2v) is 17.3. The van der Waals surface area contributed by atoms with Crippen LogP contribution in [0.5, 0.6) is 0 Å². The Hall–Kier alpha value is -7.50. The highest BCUT2D eigenvalue weighted by molar-refractivity contribution is 5.99. The number of nitrogens with two attached hydrogens (primary N) is 2. The van der Waals surface area contributed by atoms with Gasteiger partial charge in [0.15, 0.2) is 0 Å². The van der Waals surface area contributed by atoms with Gasteiger partial charge in [0.25, 0.3) is 0 Å². The van der Waals surface area contributed by atoms with E-state index in [9.17, 15) is 92.7 Å². The molecule has 30 nitrogen and oxygen atoms in total. The smallest absolute Gasteiger partial charge is 0.305 e. The Balaban J connectivity index is 3.80. The van der Waals surface area contributed by atoms with Crippen LogP contribution in [0.15, 0.2) is 0 Å². The molecule has 0 spiro atoms. The zero-order valence-electron chi connectivity index (χ0n) is 40.0. The van der Waals surface area contributed by atoms with Crippen LogP contribution in [0.3, 0.4) is 0 Å².